The lowest BCUT2D eigenvalue weighted by Crippen LogP contribution is -2.40. The van der Waals surface area contributed by atoms with Crippen molar-refractivity contribution in [2.24, 2.45) is 13.0 Å². The van der Waals surface area contributed by atoms with Gasteiger partial charge < -0.3 is 14.6 Å². The van der Waals surface area contributed by atoms with Crippen LogP contribution in [-0.4, -0.2) is 38.6 Å². The minimum atomic E-state index is -0.564. The van der Waals surface area contributed by atoms with E-state index in [1.165, 1.54) is 0 Å². The number of benzene rings is 1. The highest BCUT2D eigenvalue weighted by molar-refractivity contribution is 5.98. The van der Waals surface area contributed by atoms with Crippen LogP contribution in [0.5, 0.6) is 0 Å². The molecule has 1 N–H and O–H groups in total. The summed E-state index contributed by atoms with van der Waals surface area (Å²) in [5.74, 6) is 0.205. The molecule has 0 aliphatic carbocycles. The molecule has 0 bridgehead atoms. The van der Waals surface area contributed by atoms with Crippen LogP contribution in [0.1, 0.15) is 35.1 Å². The van der Waals surface area contributed by atoms with Gasteiger partial charge in [0.1, 0.15) is 5.69 Å². The number of piperidine rings is 1. The molecule has 1 saturated heterocycles. The number of rotatable bonds is 3. The molecule has 5 heteroatoms. The molecule has 1 amide bonds. The van der Waals surface area contributed by atoms with Crippen LogP contribution >= 0.6 is 0 Å². The van der Waals surface area contributed by atoms with Crippen LogP contribution in [0.25, 0.3) is 10.9 Å². The van der Waals surface area contributed by atoms with E-state index in [-0.39, 0.29) is 11.8 Å². The van der Waals surface area contributed by atoms with E-state index in [1.807, 2.05) is 65.0 Å². The van der Waals surface area contributed by atoms with Gasteiger partial charge in [-0.25, -0.2) is 0 Å². The Hall–Kier alpha value is -2.66. The average molecular weight is 349 g/mol. The van der Waals surface area contributed by atoms with E-state index < -0.39 is 6.10 Å². The number of fused-ring (bicyclic) bond motifs is 1. The lowest BCUT2D eigenvalue weighted by atomic mass is 9.89. The summed E-state index contributed by atoms with van der Waals surface area (Å²) in [6.07, 6.45) is 2.71. The van der Waals surface area contributed by atoms with Gasteiger partial charge in [-0.2, -0.15) is 0 Å². The average Bonchev–Trinajstić information content (AvgIpc) is 3.04. The maximum Gasteiger partial charge on any atom is 0.270 e. The smallest absolute Gasteiger partial charge is 0.270 e. The molecule has 1 aliphatic rings. The topological polar surface area (TPSA) is 58.4 Å². The SMILES string of the molecule is Cn1c(C(=O)N2CCC(C(O)c3ccccn3)CC2)cc2ccccc21. The summed E-state index contributed by atoms with van der Waals surface area (Å²) in [5, 5.41) is 11.6. The molecule has 3 aromatic rings. The van der Waals surface area contributed by atoms with Crippen LogP contribution in [-0.2, 0) is 7.05 Å². The minimum Gasteiger partial charge on any atom is -0.387 e. The fraction of sp³-hybridized carbons (Fsp3) is 0.333. The molecule has 26 heavy (non-hydrogen) atoms. The molecule has 1 aromatic carbocycles. The Morgan fingerprint density at radius 1 is 1.15 bits per heavy atom. The van der Waals surface area contributed by atoms with Crippen molar-refractivity contribution in [1.82, 2.24) is 14.5 Å². The first-order valence-corrected chi connectivity index (χ1v) is 9.08. The fourth-order valence-electron chi connectivity index (χ4n) is 3.87. The Kier molecular flexibility index (Phi) is 4.47. The second kappa shape index (κ2) is 6.92. The number of hydrogen-bond donors (Lipinski definition) is 1. The Bertz CT molecular complexity index is 911. The van der Waals surface area contributed by atoms with Crippen molar-refractivity contribution in [2.75, 3.05) is 13.1 Å². The van der Waals surface area contributed by atoms with E-state index in [2.05, 4.69) is 4.98 Å². The first-order chi connectivity index (χ1) is 12.6. The highest BCUT2D eigenvalue weighted by Crippen LogP contribution is 2.30. The second-order valence-electron chi connectivity index (χ2n) is 6.98. The number of aliphatic hydroxyl groups is 1. The second-order valence-corrected chi connectivity index (χ2v) is 6.98. The van der Waals surface area contributed by atoms with Gasteiger partial charge in [0.05, 0.1) is 11.8 Å². The number of aryl methyl sites for hydroxylation is 1. The zero-order valence-corrected chi connectivity index (χ0v) is 14.9. The summed E-state index contributed by atoms with van der Waals surface area (Å²) >= 11 is 0. The molecule has 1 unspecified atom stereocenters. The van der Waals surface area contributed by atoms with Gasteiger partial charge >= 0.3 is 0 Å². The number of pyridine rings is 1. The predicted molar refractivity (Wildman–Crippen MR) is 101 cm³/mol. The summed E-state index contributed by atoms with van der Waals surface area (Å²) < 4.78 is 1.96. The number of aromatic nitrogens is 2. The highest BCUT2D eigenvalue weighted by Gasteiger charge is 2.30. The zero-order valence-electron chi connectivity index (χ0n) is 14.9. The molecule has 1 aliphatic heterocycles. The summed E-state index contributed by atoms with van der Waals surface area (Å²) in [6.45, 7) is 1.32. The number of para-hydroxylation sites is 1. The van der Waals surface area contributed by atoms with Gasteiger partial charge in [-0.3, -0.25) is 9.78 Å². The Morgan fingerprint density at radius 3 is 2.58 bits per heavy atom. The van der Waals surface area contributed by atoms with E-state index in [1.54, 1.807) is 6.20 Å². The fourth-order valence-corrected chi connectivity index (χ4v) is 3.87. The lowest BCUT2D eigenvalue weighted by molar-refractivity contribution is 0.0442. The first kappa shape index (κ1) is 16.8. The third-order valence-electron chi connectivity index (χ3n) is 5.43. The third kappa shape index (κ3) is 2.99. The van der Waals surface area contributed by atoms with Crippen LogP contribution in [0, 0.1) is 5.92 Å². The van der Waals surface area contributed by atoms with Crippen LogP contribution < -0.4 is 0 Å². The molecule has 0 saturated carbocycles. The van der Waals surface area contributed by atoms with Crippen LogP contribution in [0.4, 0.5) is 0 Å². The van der Waals surface area contributed by atoms with Crippen molar-refractivity contribution < 1.29 is 9.90 Å². The quantitative estimate of drug-likeness (QED) is 0.790. The predicted octanol–water partition coefficient (Wildman–Crippen LogP) is 3.16. The van der Waals surface area contributed by atoms with Crippen molar-refractivity contribution in [1.29, 1.82) is 0 Å². The summed E-state index contributed by atoms with van der Waals surface area (Å²) in [5.41, 5.74) is 2.50. The Morgan fingerprint density at radius 2 is 1.88 bits per heavy atom. The van der Waals surface area contributed by atoms with Gasteiger partial charge in [0.15, 0.2) is 0 Å². The van der Waals surface area contributed by atoms with Crippen molar-refractivity contribution in [2.45, 2.75) is 18.9 Å². The first-order valence-electron chi connectivity index (χ1n) is 9.08. The highest BCUT2D eigenvalue weighted by atomic mass is 16.3. The van der Waals surface area contributed by atoms with Crippen LogP contribution in [0.3, 0.4) is 0 Å². The number of likely N-dealkylation sites (tertiary alicyclic amines) is 1. The molecule has 4 rings (SSSR count). The minimum absolute atomic E-state index is 0.0643. The van der Waals surface area contributed by atoms with Gasteiger partial charge in [0.25, 0.3) is 5.91 Å². The molecule has 0 spiro atoms. The number of hydrogen-bond acceptors (Lipinski definition) is 3. The normalized spacial score (nSPS) is 16.8. The molecule has 1 atom stereocenters. The molecule has 134 valence electrons. The van der Waals surface area contributed by atoms with Gasteiger partial charge in [0, 0.05) is 37.2 Å². The number of nitrogens with zero attached hydrogens (tertiary/aromatic N) is 3. The lowest BCUT2D eigenvalue weighted by Gasteiger charge is -2.34. The van der Waals surface area contributed by atoms with E-state index in [9.17, 15) is 9.90 Å². The molecular weight excluding hydrogens is 326 g/mol. The number of amides is 1. The van der Waals surface area contributed by atoms with E-state index in [0.29, 0.717) is 18.8 Å². The number of carbonyl (C=O) groups excluding carboxylic acids is 1. The molecule has 1 fully saturated rings. The zero-order chi connectivity index (χ0) is 18.1. The van der Waals surface area contributed by atoms with E-state index in [4.69, 9.17) is 0 Å². The van der Waals surface area contributed by atoms with Crippen LogP contribution in [0.2, 0.25) is 0 Å². The van der Waals surface area contributed by atoms with Crippen molar-refractivity contribution in [3.05, 3.63) is 66.1 Å². The molecular formula is C21H23N3O2. The van der Waals surface area contributed by atoms with Gasteiger partial charge in [0.2, 0.25) is 0 Å². The standard InChI is InChI=1S/C21H23N3O2/c1-23-18-8-3-2-6-16(18)14-19(23)21(26)24-12-9-15(10-13-24)20(25)17-7-4-5-11-22-17/h2-8,11,14-15,20,25H,9-10,12-13H2,1H3. The number of carbonyl (C=O) groups is 1. The third-order valence-corrected chi connectivity index (χ3v) is 5.43. The maximum atomic E-state index is 13.0. The maximum absolute atomic E-state index is 13.0. The summed E-state index contributed by atoms with van der Waals surface area (Å²) in [7, 11) is 1.94. The largest absolute Gasteiger partial charge is 0.387 e. The van der Waals surface area contributed by atoms with Crippen molar-refractivity contribution >= 4 is 16.8 Å². The van der Waals surface area contributed by atoms with Crippen LogP contribution in [0.15, 0.2) is 54.7 Å². The monoisotopic (exact) mass is 349 g/mol. The van der Waals surface area contributed by atoms with E-state index >= 15 is 0 Å². The number of aliphatic hydroxyl groups excluding tert-OH is 1. The molecule has 3 heterocycles. The van der Waals surface area contributed by atoms with Gasteiger partial charge in [-0.15, -0.1) is 0 Å². The van der Waals surface area contributed by atoms with Crippen molar-refractivity contribution in [3.8, 4) is 0 Å². The Balaban J connectivity index is 1.46. The molecule has 5 nitrogen and oxygen atoms in total. The van der Waals surface area contributed by atoms with Gasteiger partial charge in [-0.05, 0) is 43.0 Å². The van der Waals surface area contributed by atoms with Crippen molar-refractivity contribution in [3.63, 3.8) is 0 Å². The summed E-state index contributed by atoms with van der Waals surface area (Å²) in [6, 6.07) is 15.6. The van der Waals surface area contributed by atoms with E-state index in [0.717, 1.165) is 29.4 Å². The molecule has 2 aromatic heterocycles. The Labute approximate surface area is 152 Å². The van der Waals surface area contributed by atoms with Gasteiger partial charge in [-0.1, -0.05) is 24.3 Å². The molecule has 0 radical (unpaired) electrons. The summed E-state index contributed by atoms with van der Waals surface area (Å²) in [4.78, 5) is 19.1.